The van der Waals surface area contributed by atoms with Gasteiger partial charge in [0.05, 0.1) is 56.9 Å². The standard InChI is InChI=1S/C59H96O27/c1-23(2)15-25-16-57(8,74)48-26-9-10-32-55(6)13-12-33(54(4,5)31(55)11-14-56(32,7)58(26)21-59(48,86-25)78-22-58)83-53-47(85-51-44(72)38(66)34(62)24(3)79-51)46(27(61)18-75-53)84-52-45(73)41(69)37(65)30(82-52)20-77-50-43(71)40(68)36(64)29(81-50)19-76-49-42(70)39(67)35(63)28(17-60)80-49/h15,24-53,60-74H,9-14,16-22H2,1-8H3/t24-,25-,26+,27-,28+,29+,30+,31-,32+,33-,34-,35+,36+,37+,38+,39-,40-,41-,42+,43+,44+,45+,46-,47+,48-,49+,50+,51-,52-,53-,55-,56+,57-,58-,59-/m0/s1. The van der Waals surface area contributed by atoms with Crippen LogP contribution in [0.15, 0.2) is 11.6 Å². The second-order valence-electron chi connectivity index (χ2n) is 28.7. The lowest BCUT2D eigenvalue weighted by molar-refractivity contribution is -0.390. The summed E-state index contributed by atoms with van der Waals surface area (Å²) in [5.41, 5.74) is -0.904. The maximum atomic E-state index is 12.3. The highest BCUT2D eigenvalue weighted by Gasteiger charge is 2.81. The van der Waals surface area contributed by atoms with E-state index in [9.17, 15) is 76.6 Å². The average molecular weight is 1240 g/mol. The zero-order chi connectivity index (χ0) is 62.3. The molecule has 2 bridgehead atoms. The fraction of sp³-hybridized carbons (Fsp3) is 0.966. The lowest BCUT2D eigenvalue weighted by atomic mass is 9.35. The molecule has 11 rings (SSSR count). The molecule has 0 radical (unpaired) electrons. The predicted octanol–water partition coefficient (Wildman–Crippen LogP) is -3.36. The van der Waals surface area contributed by atoms with Gasteiger partial charge >= 0.3 is 0 Å². The highest BCUT2D eigenvalue weighted by atomic mass is 16.8. The first kappa shape index (κ1) is 66.1. The summed E-state index contributed by atoms with van der Waals surface area (Å²) < 4.78 is 74.3. The molecule has 27 heteroatoms. The first-order valence-electron chi connectivity index (χ1n) is 30.9. The van der Waals surface area contributed by atoms with Crippen LogP contribution in [0.1, 0.15) is 107 Å². The molecule has 0 aromatic rings. The van der Waals surface area contributed by atoms with Gasteiger partial charge in [0.25, 0.3) is 0 Å². The molecule has 494 valence electrons. The van der Waals surface area contributed by atoms with E-state index in [-0.39, 0.29) is 40.1 Å². The van der Waals surface area contributed by atoms with Crippen LogP contribution in [0.3, 0.4) is 0 Å². The summed E-state index contributed by atoms with van der Waals surface area (Å²) in [7, 11) is 0. The first-order valence-corrected chi connectivity index (χ1v) is 30.9. The van der Waals surface area contributed by atoms with Gasteiger partial charge in [0, 0.05) is 24.2 Å². The Labute approximate surface area is 499 Å². The number of fused-ring (bicyclic) bond motifs is 4. The number of aliphatic hydroxyl groups is 15. The molecular formula is C59H96O27. The van der Waals surface area contributed by atoms with Crippen molar-refractivity contribution >= 4 is 0 Å². The van der Waals surface area contributed by atoms with Crippen LogP contribution in [0.2, 0.25) is 0 Å². The second-order valence-corrected chi connectivity index (χ2v) is 28.7. The molecule has 27 nitrogen and oxygen atoms in total. The van der Waals surface area contributed by atoms with Crippen molar-refractivity contribution in [2.75, 3.05) is 33.0 Å². The topological polar surface area (TPSA) is 414 Å². The van der Waals surface area contributed by atoms with E-state index in [2.05, 4.69) is 33.8 Å². The molecule has 35 atom stereocenters. The van der Waals surface area contributed by atoms with Crippen molar-refractivity contribution in [3.8, 4) is 0 Å². The maximum absolute atomic E-state index is 12.3. The molecule has 7 heterocycles. The molecule has 2 spiro atoms. The van der Waals surface area contributed by atoms with Gasteiger partial charge in [-0.1, -0.05) is 39.3 Å². The molecule has 7 saturated heterocycles. The van der Waals surface area contributed by atoms with Crippen molar-refractivity contribution in [3.63, 3.8) is 0 Å². The SMILES string of the molecule is CC(C)=C[C@H]1C[C@](C)(O)[C@@H]2[C@H]3CC[C@@H]4[C@@]5(C)CC[C@H](O[C@@H]6OC[C@H](O)[C@H](O[C@@H]7O[C@H](CO[C@@H]8O[C@H](CO[C@@H]9O[C@H](CO)[C@@H](O)[C@H](O)[C@H]9O)[C@@H](O)[C@H](O)[C@H]8O)[C@@H](O)[C@H](O)[C@H]7O)[C@H]6O[C@@H]6O[C@@H](C)[C@H](O)[C@@H](O)[C@H]6O)C(C)(C)[C@@H]5CC[C@@]4(C)[C@@]34CO[C@@]2(C4)O1. The predicted molar refractivity (Wildman–Crippen MR) is 289 cm³/mol. The monoisotopic (exact) mass is 1240 g/mol. The number of allylic oxidation sites excluding steroid dienone is 1. The van der Waals surface area contributed by atoms with Gasteiger partial charge in [-0.05, 0) is 100 Å². The van der Waals surface area contributed by atoms with E-state index in [0.29, 0.717) is 25.4 Å². The van der Waals surface area contributed by atoms with Gasteiger partial charge in [0.1, 0.15) is 110 Å². The molecule has 11 aliphatic rings. The van der Waals surface area contributed by atoms with Crippen molar-refractivity contribution < 1.29 is 133 Å². The minimum atomic E-state index is -2.02. The molecule has 15 N–H and O–H groups in total. The molecule has 4 aliphatic carbocycles. The molecule has 0 unspecified atom stereocenters. The van der Waals surface area contributed by atoms with E-state index in [0.717, 1.165) is 44.1 Å². The molecule has 0 amide bonds. The third kappa shape index (κ3) is 10.9. The van der Waals surface area contributed by atoms with Crippen LogP contribution in [0.4, 0.5) is 0 Å². The van der Waals surface area contributed by atoms with Crippen molar-refractivity contribution in [1.82, 2.24) is 0 Å². The Hall–Kier alpha value is -1.34. The normalized spacial score (nSPS) is 56.9. The van der Waals surface area contributed by atoms with Crippen LogP contribution in [0.5, 0.6) is 0 Å². The van der Waals surface area contributed by atoms with E-state index in [1.54, 1.807) is 0 Å². The van der Waals surface area contributed by atoms with Crippen LogP contribution < -0.4 is 0 Å². The van der Waals surface area contributed by atoms with Crippen molar-refractivity contribution in [1.29, 1.82) is 0 Å². The minimum absolute atomic E-state index is 0.129. The lowest BCUT2D eigenvalue weighted by Crippen LogP contribution is -2.68. The molecule has 0 aromatic carbocycles. The molecule has 0 aromatic heterocycles. The number of aliphatic hydroxyl groups excluding tert-OH is 14. The van der Waals surface area contributed by atoms with Gasteiger partial charge in [0.2, 0.25) is 0 Å². The zero-order valence-corrected chi connectivity index (χ0v) is 50.2. The van der Waals surface area contributed by atoms with Gasteiger partial charge in [-0.3, -0.25) is 0 Å². The number of hydrogen-bond donors (Lipinski definition) is 15. The summed E-state index contributed by atoms with van der Waals surface area (Å²) in [6.07, 6.45) is -33.1. The lowest BCUT2D eigenvalue weighted by Gasteiger charge is -2.70. The van der Waals surface area contributed by atoms with E-state index in [1.807, 2.05) is 20.8 Å². The Kier molecular flexibility index (Phi) is 18.6. The van der Waals surface area contributed by atoms with E-state index in [4.69, 9.17) is 56.8 Å². The summed E-state index contributed by atoms with van der Waals surface area (Å²) >= 11 is 0. The Morgan fingerprint density at radius 1 is 0.570 bits per heavy atom. The van der Waals surface area contributed by atoms with E-state index < -0.39 is 197 Å². The van der Waals surface area contributed by atoms with Crippen LogP contribution in [0, 0.1) is 45.3 Å². The molecule has 7 aliphatic heterocycles. The van der Waals surface area contributed by atoms with Crippen molar-refractivity contribution in [2.45, 2.75) is 278 Å². The fourth-order valence-electron chi connectivity index (χ4n) is 18.5. The summed E-state index contributed by atoms with van der Waals surface area (Å²) in [5.74, 6) is -0.383. The summed E-state index contributed by atoms with van der Waals surface area (Å²) in [5, 5.41) is 164. The van der Waals surface area contributed by atoms with Gasteiger partial charge in [-0.15, -0.1) is 0 Å². The molecule has 4 saturated carbocycles. The largest absolute Gasteiger partial charge is 0.394 e. The minimum Gasteiger partial charge on any atom is -0.394 e. The Morgan fingerprint density at radius 3 is 1.72 bits per heavy atom. The van der Waals surface area contributed by atoms with Crippen molar-refractivity contribution in [2.24, 2.45) is 45.3 Å². The number of rotatable bonds is 14. The number of hydrogen-bond acceptors (Lipinski definition) is 27. The van der Waals surface area contributed by atoms with E-state index >= 15 is 0 Å². The first-order chi connectivity index (χ1) is 40.3. The highest BCUT2D eigenvalue weighted by Crippen LogP contribution is 2.80. The smallest absolute Gasteiger partial charge is 0.187 e. The number of ether oxygens (including phenoxy) is 12. The van der Waals surface area contributed by atoms with Crippen molar-refractivity contribution in [3.05, 3.63) is 11.6 Å². The maximum Gasteiger partial charge on any atom is 0.187 e. The summed E-state index contributed by atoms with van der Waals surface area (Å²) in [6.45, 7) is 14.7. The van der Waals surface area contributed by atoms with E-state index in [1.165, 1.54) is 6.92 Å². The highest BCUT2D eigenvalue weighted by molar-refractivity contribution is 5.27. The van der Waals surface area contributed by atoms with Gasteiger partial charge in [-0.25, -0.2) is 0 Å². The van der Waals surface area contributed by atoms with Crippen LogP contribution >= 0.6 is 0 Å². The molecular weight excluding hydrogens is 1140 g/mol. The third-order valence-corrected chi connectivity index (χ3v) is 22.9. The quantitative estimate of drug-likeness (QED) is 0.0597. The van der Waals surface area contributed by atoms with Crippen LogP contribution in [-0.2, 0) is 56.8 Å². The third-order valence-electron chi connectivity index (χ3n) is 22.9. The Balaban J connectivity index is 0.797. The Bertz CT molecular complexity index is 2380. The average Bonchev–Trinajstić information content (AvgIpc) is 1.44. The van der Waals surface area contributed by atoms with Crippen LogP contribution in [-0.4, -0.2) is 281 Å². The summed E-state index contributed by atoms with van der Waals surface area (Å²) in [4.78, 5) is 0. The van der Waals surface area contributed by atoms with Gasteiger partial charge in [0.15, 0.2) is 37.2 Å². The fourth-order valence-corrected chi connectivity index (χ4v) is 18.5. The second kappa shape index (κ2) is 24.2. The Morgan fingerprint density at radius 2 is 1.12 bits per heavy atom. The molecule has 11 fully saturated rings. The molecule has 86 heavy (non-hydrogen) atoms. The van der Waals surface area contributed by atoms with Gasteiger partial charge < -0.3 is 133 Å². The van der Waals surface area contributed by atoms with Crippen LogP contribution in [0.25, 0.3) is 0 Å². The van der Waals surface area contributed by atoms with Gasteiger partial charge in [-0.2, -0.15) is 0 Å². The summed E-state index contributed by atoms with van der Waals surface area (Å²) in [6, 6.07) is 0. The zero-order valence-electron chi connectivity index (χ0n) is 50.2.